The Labute approximate surface area is 351 Å². The number of hydrogen-bond donors (Lipinski definition) is 2. The number of piperidine rings is 1. The molecule has 316 valence electrons. The van der Waals surface area contributed by atoms with Crippen molar-refractivity contribution in [1.82, 2.24) is 4.90 Å². The van der Waals surface area contributed by atoms with Crippen LogP contribution in [0, 0.1) is 0 Å². The Morgan fingerprint density at radius 1 is 0.933 bits per heavy atom. The van der Waals surface area contributed by atoms with Crippen LogP contribution in [0.4, 0.5) is 21.9 Å². The van der Waals surface area contributed by atoms with Crippen molar-refractivity contribution in [2.75, 3.05) is 56.1 Å². The summed E-state index contributed by atoms with van der Waals surface area (Å²) >= 11 is 1.31. The number of nitrogens with zero attached hydrogens (tertiary/aromatic N) is 2. The minimum Gasteiger partial charge on any atom is -0.493 e. The zero-order valence-electron chi connectivity index (χ0n) is 33.6. The van der Waals surface area contributed by atoms with Crippen LogP contribution in [0.2, 0.25) is 0 Å². The zero-order chi connectivity index (χ0) is 42.2. The molecule has 4 heterocycles. The van der Waals surface area contributed by atoms with E-state index in [9.17, 15) is 24.0 Å². The van der Waals surface area contributed by atoms with Crippen LogP contribution >= 0.6 is 11.3 Å². The van der Waals surface area contributed by atoms with E-state index >= 15 is 0 Å². The highest BCUT2D eigenvalue weighted by Crippen LogP contribution is 2.42. The predicted octanol–water partition coefficient (Wildman–Crippen LogP) is 7.75. The number of nitrogens with one attached hydrogen (secondary N) is 2. The van der Waals surface area contributed by atoms with Gasteiger partial charge in [-0.05, 0) is 105 Å². The zero-order valence-corrected chi connectivity index (χ0v) is 34.4. The molecule has 7 rings (SSSR count). The van der Waals surface area contributed by atoms with Crippen molar-refractivity contribution in [2.24, 2.45) is 0 Å². The molecule has 0 spiro atoms. The van der Waals surface area contributed by atoms with E-state index in [4.69, 9.17) is 28.4 Å². The molecule has 3 atom stereocenters. The Kier molecular flexibility index (Phi) is 13.6. The van der Waals surface area contributed by atoms with Crippen molar-refractivity contribution in [3.63, 3.8) is 0 Å². The lowest BCUT2D eigenvalue weighted by molar-refractivity contribution is -0.198. The molecule has 3 aliphatic heterocycles. The number of esters is 1. The van der Waals surface area contributed by atoms with Gasteiger partial charge in [0.05, 0.1) is 38.1 Å². The molecule has 2 unspecified atom stereocenters. The van der Waals surface area contributed by atoms with Crippen LogP contribution in [0.3, 0.4) is 0 Å². The number of hydrogen-bond acceptors (Lipinski definition) is 12. The van der Waals surface area contributed by atoms with Crippen LogP contribution in [0.5, 0.6) is 11.5 Å². The number of fused-ring (bicyclic) bond motifs is 3. The second-order valence-electron chi connectivity index (χ2n) is 14.5. The van der Waals surface area contributed by atoms with Crippen molar-refractivity contribution >= 4 is 68.3 Å². The molecule has 2 fully saturated rings. The molecule has 0 saturated carbocycles. The smallest absolute Gasteiger partial charge is 0.416 e. The average molecular weight is 841 g/mol. The van der Waals surface area contributed by atoms with E-state index in [0.29, 0.717) is 60.0 Å². The molecule has 2 saturated heterocycles. The van der Waals surface area contributed by atoms with Crippen molar-refractivity contribution in [3.05, 3.63) is 89.3 Å². The van der Waals surface area contributed by atoms with Gasteiger partial charge in [-0.2, -0.15) is 0 Å². The van der Waals surface area contributed by atoms with Crippen LogP contribution < -0.4 is 25.0 Å². The highest BCUT2D eigenvalue weighted by atomic mass is 32.1. The maximum atomic E-state index is 14.2. The summed E-state index contributed by atoms with van der Waals surface area (Å²) in [7, 11) is 2.80. The predicted molar refractivity (Wildman–Crippen MR) is 225 cm³/mol. The lowest BCUT2D eigenvalue weighted by Crippen LogP contribution is -2.57. The van der Waals surface area contributed by atoms with E-state index in [1.165, 1.54) is 36.5 Å². The third kappa shape index (κ3) is 9.56. The lowest BCUT2D eigenvalue weighted by Gasteiger charge is -2.42. The molecule has 3 aliphatic rings. The second kappa shape index (κ2) is 19.4. The number of rotatable bonds is 14. The number of carbonyl (C=O) groups excluding carboxylic acids is 5. The minimum atomic E-state index is -0.894. The Morgan fingerprint density at radius 2 is 1.73 bits per heavy atom. The number of amides is 4. The van der Waals surface area contributed by atoms with Gasteiger partial charge in [-0.25, -0.2) is 14.5 Å². The highest BCUT2D eigenvalue weighted by molar-refractivity contribution is 7.20. The topological polar surface area (TPSA) is 171 Å². The number of ether oxygens (including phenoxy) is 6. The van der Waals surface area contributed by atoms with Crippen LogP contribution in [-0.2, 0) is 23.7 Å². The molecule has 0 radical (unpaired) electrons. The van der Waals surface area contributed by atoms with Gasteiger partial charge in [0.1, 0.15) is 11.5 Å². The summed E-state index contributed by atoms with van der Waals surface area (Å²) in [4.78, 5) is 69.6. The fraction of sp³-hybridized carbons (Fsp3) is 0.386. The summed E-state index contributed by atoms with van der Waals surface area (Å²) in [6.07, 6.45) is 4.55. The molecule has 1 aromatic heterocycles. The third-order valence-corrected chi connectivity index (χ3v) is 11.6. The molecule has 4 aromatic rings. The molecule has 3 aromatic carbocycles. The molecular weight excluding hydrogens is 793 g/mol. The first-order valence-corrected chi connectivity index (χ1v) is 20.8. The highest BCUT2D eigenvalue weighted by Gasteiger charge is 2.47. The van der Waals surface area contributed by atoms with Crippen LogP contribution in [0.15, 0.2) is 73.3 Å². The van der Waals surface area contributed by atoms with E-state index in [2.05, 4.69) is 17.2 Å². The van der Waals surface area contributed by atoms with Crippen LogP contribution in [0.25, 0.3) is 10.1 Å². The minimum absolute atomic E-state index is 0.0453. The monoisotopic (exact) mass is 840 g/mol. The van der Waals surface area contributed by atoms with Crippen molar-refractivity contribution < 1.29 is 52.4 Å². The molecule has 16 heteroatoms. The standard InChI is InChI=1S/C44H48N4O11S/c1-4-20-58-44(53)48-33-26-35(34(54-2)25-31(33)41(51)47-19-7-5-10-32(47)42(48)59-39-12-6-8-21-57-39)56-22-9-11-38(49)45-29-15-13-27(14-16-29)40(50)46-30-17-18-36-28(23-30)24-37(60-36)43(52)55-3/h4,13-18,23-26,32,39,42H,1,5-12,19-22H2,2-3H3,(H,45,49)(H,46,50)/t32-,39?,42?/m0/s1. The first kappa shape index (κ1) is 42.2. The number of carbonyl (C=O) groups is 5. The van der Waals surface area contributed by atoms with Crippen molar-refractivity contribution in [2.45, 2.75) is 69.9 Å². The van der Waals surface area contributed by atoms with E-state index < -0.39 is 30.6 Å². The maximum absolute atomic E-state index is 14.2. The van der Waals surface area contributed by atoms with E-state index in [0.717, 1.165) is 35.8 Å². The summed E-state index contributed by atoms with van der Waals surface area (Å²) < 4.78 is 35.6. The number of anilines is 3. The summed E-state index contributed by atoms with van der Waals surface area (Å²) in [5.41, 5.74) is 1.98. The van der Waals surface area contributed by atoms with E-state index in [1.54, 1.807) is 59.5 Å². The quantitative estimate of drug-likeness (QED) is 0.0723. The van der Waals surface area contributed by atoms with Gasteiger partial charge in [0.15, 0.2) is 24.0 Å². The van der Waals surface area contributed by atoms with Gasteiger partial charge in [-0.15, -0.1) is 11.3 Å². The first-order chi connectivity index (χ1) is 29.2. The van der Waals surface area contributed by atoms with Crippen LogP contribution in [-0.4, -0.2) is 93.8 Å². The maximum Gasteiger partial charge on any atom is 0.416 e. The van der Waals surface area contributed by atoms with Crippen molar-refractivity contribution in [1.29, 1.82) is 0 Å². The van der Waals surface area contributed by atoms with Crippen LogP contribution in [0.1, 0.15) is 81.8 Å². The molecule has 60 heavy (non-hydrogen) atoms. The second-order valence-corrected chi connectivity index (χ2v) is 15.6. The van der Waals surface area contributed by atoms with Crippen molar-refractivity contribution in [3.8, 4) is 11.5 Å². The average Bonchev–Trinajstić information content (AvgIpc) is 3.67. The number of benzene rings is 3. The molecule has 0 bridgehead atoms. The van der Waals surface area contributed by atoms with E-state index in [-0.39, 0.29) is 54.4 Å². The van der Waals surface area contributed by atoms with E-state index in [1.807, 2.05) is 6.07 Å². The molecular formula is C44H48N4O11S. The van der Waals surface area contributed by atoms with Gasteiger partial charge in [0.25, 0.3) is 11.8 Å². The lowest BCUT2D eigenvalue weighted by atomic mass is 10.00. The Morgan fingerprint density at radius 3 is 2.48 bits per heavy atom. The fourth-order valence-electron chi connectivity index (χ4n) is 7.56. The molecule has 15 nitrogen and oxygen atoms in total. The Hall–Kier alpha value is -5.97. The Bertz CT molecular complexity index is 2240. The fourth-order valence-corrected chi connectivity index (χ4v) is 8.52. The molecule has 0 aliphatic carbocycles. The Balaban J connectivity index is 0.994. The number of thiophene rings is 1. The third-order valence-electron chi connectivity index (χ3n) is 10.5. The van der Waals surface area contributed by atoms with Gasteiger partial charge in [-0.3, -0.25) is 14.4 Å². The molecule has 4 amide bonds. The van der Waals surface area contributed by atoms with Gasteiger partial charge in [0, 0.05) is 47.3 Å². The largest absolute Gasteiger partial charge is 0.493 e. The van der Waals surface area contributed by atoms with Gasteiger partial charge >= 0.3 is 12.1 Å². The summed E-state index contributed by atoms with van der Waals surface area (Å²) in [5, 5.41) is 6.52. The summed E-state index contributed by atoms with van der Waals surface area (Å²) in [6.45, 7) is 4.79. The SMILES string of the molecule is C=CCOC(=O)N1c2cc(OCCCC(=O)Nc3ccc(C(=O)Nc4ccc5sc(C(=O)OC)cc5c4)cc3)c(OC)cc2C(=O)N2CCCC[C@H]2C1OC1CCCCO1. The van der Waals surface area contributed by atoms with Gasteiger partial charge in [0.2, 0.25) is 5.91 Å². The van der Waals surface area contributed by atoms with Gasteiger partial charge in [-0.1, -0.05) is 12.7 Å². The summed E-state index contributed by atoms with van der Waals surface area (Å²) in [6, 6.07) is 16.3. The normalized spacial score (nSPS) is 18.7. The molecule has 2 N–H and O–H groups in total. The van der Waals surface area contributed by atoms with Gasteiger partial charge < -0.3 is 44.0 Å². The first-order valence-electron chi connectivity index (χ1n) is 20.0. The number of methoxy groups -OCH3 is 2. The summed E-state index contributed by atoms with van der Waals surface area (Å²) in [5.74, 6) is -0.702.